The number of methoxy groups -OCH3 is 1. The van der Waals surface area contributed by atoms with E-state index in [1.165, 1.54) is 14.0 Å². The third kappa shape index (κ3) is 3.43. The van der Waals surface area contributed by atoms with Crippen molar-refractivity contribution in [1.82, 2.24) is 10.1 Å². The van der Waals surface area contributed by atoms with Gasteiger partial charge in [-0.1, -0.05) is 35.5 Å². The van der Waals surface area contributed by atoms with E-state index in [0.717, 1.165) is 5.56 Å². The summed E-state index contributed by atoms with van der Waals surface area (Å²) in [5, 5.41) is 3.94. The summed E-state index contributed by atoms with van der Waals surface area (Å²) in [6.07, 6.45) is 0. The molecule has 6 heteroatoms. The molecular formula is C18H16N2O4. The van der Waals surface area contributed by atoms with E-state index in [2.05, 4.69) is 10.1 Å². The van der Waals surface area contributed by atoms with Gasteiger partial charge in [0.25, 0.3) is 5.89 Å². The molecule has 0 spiro atoms. The van der Waals surface area contributed by atoms with Crippen LogP contribution >= 0.6 is 0 Å². The van der Waals surface area contributed by atoms with Crippen LogP contribution in [0, 0.1) is 0 Å². The summed E-state index contributed by atoms with van der Waals surface area (Å²) in [6.45, 7) is 1.61. The minimum atomic E-state index is -0.0377. The number of rotatable bonds is 6. The van der Waals surface area contributed by atoms with Crippen LogP contribution in [0.5, 0.6) is 11.5 Å². The molecule has 6 nitrogen and oxygen atoms in total. The number of hydrogen-bond acceptors (Lipinski definition) is 6. The van der Waals surface area contributed by atoms with Crippen LogP contribution in [0.4, 0.5) is 0 Å². The van der Waals surface area contributed by atoms with Crippen LogP contribution in [0.25, 0.3) is 11.4 Å². The minimum Gasteiger partial charge on any atom is -0.493 e. The summed E-state index contributed by atoms with van der Waals surface area (Å²) in [4.78, 5) is 15.7. The molecule has 3 aromatic rings. The third-order valence-electron chi connectivity index (χ3n) is 3.42. The lowest BCUT2D eigenvalue weighted by Gasteiger charge is -2.09. The highest BCUT2D eigenvalue weighted by Crippen LogP contribution is 2.29. The fourth-order valence-electron chi connectivity index (χ4n) is 2.16. The van der Waals surface area contributed by atoms with Gasteiger partial charge in [0, 0.05) is 11.1 Å². The quantitative estimate of drug-likeness (QED) is 0.646. The van der Waals surface area contributed by atoms with Crippen molar-refractivity contribution in [1.29, 1.82) is 0 Å². The van der Waals surface area contributed by atoms with Crippen molar-refractivity contribution in [3.05, 3.63) is 60.0 Å². The van der Waals surface area contributed by atoms with Gasteiger partial charge < -0.3 is 14.0 Å². The Morgan fingerprint density at radius 2 is 1.92 bits per heavy atom. The molecule has 0 fully saturated rings. The van der Waals surface area contributed by atoms with Crippen molar-refractivity contribution in [3.63, 3.8) is 0 Å². The predicted molar refractivity (Wildman–Crippen MR) is 87.1 cm³/mol. The maximum absolute atomic E-state index is 11.4. The molecule has 1 heterocycles. The van der Waals surface area contributed by atoms with Crippen molar-refractivity contribution >= 4 is 5.78 Å². The van der Waals surface area contributed by atoms with Crippen LogP contribution in [0.2, 0.25) is 0 Å². The van der Waals surface area contributed by atoms with Gasteiger partial charge in [0.1, 0.15) is 0 Å². The molecule has 0 radical (unpaired) electrons. The second-order valence-electron chi connectivity index (χ2n) is 5.09. The summed E-state index contributed by atoms with van der Waals surface area (Å²) in [5.41, 5.74) is 1.43. The summed E-state index contributed by atoms with van der Waals surface area (Å²) in [6, 6.07) is 14.5. The predicted octanol–water partition coefficient (Wildman–Crippen LogP) is 3.53. The first-order valence-electron chi connectivity index (χ1n) is 7.37. The van der Waals surface area contributed by atoms with Gasteiger partial charge in [-0.05, 0) is 25.1 Å². The van der Waals surface area contributed by atoms with E-state index >= 15 is 0 Å². The summed E-state index contributed by atoms with van der Waals surface area (Å²) >= 11 is 0. The van der Waals surface area contributed by atoms with E-state index in [1.54, 1.807) is 18.2 Å². The highest BCUT2D eigenvalue weighted by atomic mass is 16.5. The zero-order chi connectivity index (χ0) is 16.9. The van der Waals surface area contributed by atoms with E-state index < -0.39 is 0 Å². The van der Waals surface area contributed by atoms with Crippen molar-refractivity contribution in [3.8, 4) is 22.9 Å². The molecule has 24 heavy (non-hydrogen) atoms. The Morgan fingerprint density at radius 1 is 1.12 bits per heavy atom. The van der Waals surface area contributed by atoms with Crippen molar-refractivity contribution in [2.75, 3.05) is 7.11 Å². The van der Waals surface area contributed by atoms with E-state index in [4.69, 9.17) is 14.0 Å². The second kappa shape index (κ2) is 6.95. The van der Waals surface area contributed by atoms with E-state index in [-0.39, 0.29) is 12.4 Å². The maximum Gasteiger partial charge on any atom is 0.264 e. The van der Waals surface area contributed by atoms with E-state index in [9.17, 15) is 4.79 Å². The molecule has 0 bridgehead atoms. The van der Waals surface area contributed by atoms with Gasteiger partial charge in [-0.2, -0.15) is 4.98 Å². The lowest BCUT2D eigenvalue weighted by Crippen LogP contribution is -2.00. The Kier molecular flexibility index (Phi) is 4.56. The molecule has 0 unspecified atom stereocenters. The fraction of sp³-hybridized carbons (Fsp3) is 0.167. The number of hydrogen-bond donors (Lipinski definition) is 0. The lowest BCUT2D eigenvalue weighted by atomic mass is 10.1. The van der Waals surface area contributed by atoms with E-state index in [1.807, 2.05) is 30.3 Å². The SMILES string of the molecule is COc1cc(C(C)=O)ccc1OCc1nc(-c2ccccc2)no1. The lowest BCUT2D eigenvalue weighted by molar-refractivity contribution is 0.101. The number of nitrogens with zero attached hydrogens (tertiary/aromatic N) is 2. The summed E-state index contributed by atoms with van der Waals surface area (Å²) in [5.74, 6) is 1.80. The van der Waals surface area contributed by atoms with Gasteiger partial charge in [0.15, 0.2) is 23.9 Å². The van der Waals surface area contributed by atoms with Gasteiger partial charge in [-0.15, -0.1) is 0 Å². The molecule has 0 aliphatic carbocycles. The monoisotopic (exact) mass is 324 g/mol. The topological polar surface area (TPSA) is 74.5 Å². The van der Waals surface area contributed by atoms with Crippen molar-refractivity contribution in [2.24, 2.45) is 0 Å². The Morgan fingerprint density at radius 3 is 2.62 bits per heavy atom. The number of aromatic nitrogens is 2. The highest BCUT2D eigenvalue weighted by Gasteiger charge is 2.12. The zero-order valence-corrected chi connectivity index (χ0v) is 13.4. The van der Waals surface area contributed by atoms with Crippen molar-refractivity contribution in [2.45, 2.75) is 13.5 Å². The van der Waals surface area contributed by atoms with Gasteiger partial charge in [0.2, 0.25) is 5.82 Å². The molecule has 1 aromatic heterocycles. The van der Waals surface area contributed by atoms with Crippen LogP contribution < -0.4 is 9.47 Å². The molecule has 2 aromatic carbocycles. The molecule has 0 N–H and O–H groups in total. The molecule has 0 atom stereocenters. The van der Waals surface area contributed by atoms with E-state index in [0.29, 0.717) is 28.8 Å². The normalized spacial score (nSPS) is 10.4. The first-order chi connectivity index (χ1) is 11.7. The molecule has 0 amide bonds. The van der Waals surface area contributed by atoms with Crippen molar-refractivity contribution < 1.29 is 18.8 Å². The van der Waals surface area contributed by atoms with Crippen LogP contribution in [0.15, 0.2) is 53.1 Å². The molecule has 122 valence electrons. The number of Topliss-reactive ketones (excluding diaryl/α,β-unsaturated/α-hetero) is 1. The summed E-state index contributed by atoms with van der Waals surface area (Å²) < 4.78 is 16.1. The molecule has 0 saturated carbocycles. The maximum atomic E-state index is 11.4. The third-order valence-corrected chi connectivity index (χ3v) is 3.42. The number of carbonyl (C=O) groups excluding carboxylic acids is 1. The minimum absolute atomic E-state index is 0.0377. The van der Waals surface area contributed by atoms with Gasteiger partial charge >= 0.3 is 0 Å². The Bertz CT molecular complexity index is 843. The first-order valence-corrected chi connectivity index (χ1v) is 7.37. The molecule has 3 rings (SSSR count). The average molecular weight is 324 g/mol. The first kappa shape index (κ1) is 15.7. The summed E-state index contributed by atoms with van der Waals surface area (Å²) in [7, 11) is 1.52. The second-order valence-corrected chi connectivity index (χ2v) is 5.09. The number of ketones is 1. The number of ether oxygens (including phenoxy) is 2. The molecular weight excluding hydrogens is 308 g/mol. The largest absolute Gasteiger partial charge is 0.493 e. The van der Waals surface area contributed by atoms with Gasteiger partial charge in [-0.25, -0.2) is 0 Å². The zero-order valence-electron chi connectivity index (χ0n) is 13.4. The Labute approximate surface area is 139 Å². The molecule has 0 saturated heterocycles. The highest BCUT2D eigenvalue weighted by molar-refractivity contribution is 5.94. The average Bonchev–Trinajstić information content (AvgIpc) is 3.09. The van der Waals surface area contributed by atoms with Crippen LogP contribution in [-0.2, 0) is 6.61 Å². The molecule has 0 aliphatic rings. The van der Waals surface area contributed by atoms with Crippen LogP contribution in [0.3, 0.4) is 0 Å². The van der Waals surface area contributed by atoms with Crippen LogP contribution in [0.1, 0.15) is 23.2 Å². The fourth-order valence-corrected chi connectivity index (χ4v) is 2.16. The molecule has 0 aliphatic heterocycles. The smallest absolute Gasteiger partial charge is 0.264 e. The Hall–Kier alpha value is -3.15. The Balaban J connectivity index is 1.72. The van der Waals surface area contributed by atoms with Gasteiger partial charge in [0.05, 0.1) is 7.11 Å². The van der Waals surface area contributed by atoms with Crippen LogP contribution in [-0.4, -0.2) is 23.0 Å². The number of benzene rings is 2. The standard InChI is InChI=1S/C18H16N2O4/c1-12(21)14-8-9-15(16(10-14)22-2)23-11-17-19-18(20-24-17)13-6-4-3-5-7-13/h3-10H,11H2,1-2H3. The van der Waals surface area contributed by atoms with Gasteiger partial charge in [-0.3, -0.25) is 4.79 Å². The number of carbonyl (C=O) groups is 1.